The molecule has 68 heavy (non-hydrogen) atoms. The van der Waals surface area contributed by atoms with Crippen LogP contribution < -0.4 is 20.9 Å². The number of aromatic amines is 1. The van der Waals surface area contributed by atoms with Gasteiger partial charge in [0.2, 0.25) is 15.6 Å². The average Bonchev–Trinajstić information content (AvgIpc) is 3.36. The molecule has 5 N–H and O–H groups in total. The van der Waals surface area contributed by atoms with E-state index in [1.54, 1.807) is 54.6 Å². The van der Waals surface area contributed by atoms with Gasteiger partial charge in [-0.05, 0) is 122 Å². The summed E-state index contributed by atoms with van der Waals surface area (Å²) in [6.45, 7) is 3.92. The SMILES string of the molecule is O=C(NC(c1ccccc1)c1cccc(OCc2ccc(C(=O)OCCCN(CCCNC[C@@H](O)c3ccc(O)c4[nH]c(=O)ccc34)S(=O)(=O)c3ccccc3)cc2)c1)O[C@H]1CN2CCC1CC2. The van der Waals surface area contributed by atoms with Gasteiger partial charge in [0.1, 0.15) is 24.2 Å². The van der Waals surface area contributed by atoms with Gasteiger partial charge in [0.15, 0.2) is 0 Å². The molecule has 16 heteroatoms. The maximum Gasteiger partial charge on any atom is 0.408 e. The van der Waals surface area contributed by atoms with Gasteiger partial charge in [-0.15, -0.1) is 0 Å². The normalized spacial score (nSPS) is 17.6. The second-order valence-corrected chi connectivity index (χ2v) is 19.1. The lowest BCUT2D eigenvalue weighted by Crippen LogP contribution is -2.52. The Balaban J connectivity index is 0.808. The Kier molecular flexibility index (Phi) is 15.8. The number of esters is 1. The highest BCUT2D eigenvalue weighted by atomic mass is 32.2. The van der Waals surface area contributed by atoms with E-state index in [4.69, 9.17) is 14.2 Å². The fourth-order valence-electron chi connectivity index (χ4n) is 8.89. The summed E-state index contributed by atoms with van der Waals surface area (Å²) in [7, 11) is -3.87. The van der Waals surface area contributed by atoms with Gasteiger partial charge in [0, 0.05) is 37.6 Å². The van der Waals surface area contributed by atoms with Crippen molar-refractivity contribution < 1.29 is 42.4 Å². The number of carbonyl (C=O) groups is 2. The summed E-state index contributed by atoms with van der Waals surface area (Å²) >= 11 is 0. The highest BCUT2D eigenvalue weighted by Gasteiger charge is 2.37. The summed E-state index contributed by atoms with van der Waals surface area (Å²) in [6.07, 6.45) is 1.25. The number of benzene rings is 5. The second kappa shape index (κ2) is 22.5. The highest BCUT2D eigenvalue weighted by Crippen LogP contribution is 2.32. The molecular formula is C52H57N5O10S. The first-order valence-corrected chi connectivity index (χ1v) is 24.5. The first-order chi connectivity index (χ1) is 33.0. The Morgan fingerprint density at radius 3 is 2.29 bits per heavy atom. The molecule has 0 radical (unpaired) electrons. The number of hydrogen-bond donors (Lipinski definition) is 5. The molecule has 6 aromatic rings. The molecule has 5 aromatic carbocycles. The summed E-state index contributed by atoms with van der Waals surface area (Å²) in [6, 6.07) is 37.8. The number of aliphatic hydroxyl groups is 1. The second-order valence-electron chi connectivity index (χ2n) is 17.2. The topological polar surface area (TPSA) is 200 Å². The third-order valence-corrected chi connectivity index (χ3v) is 14.5. The Morgan fingerprint density at radius 2 is 1.56 bits per heavy atom. The molecule has 3 aliphatic heterocycles. The van der Waals surface area contributed by atoms with E-state index in [0.29, 0.717) is 41.1 Å². The molecule has 2 bridgehead atoms. The Labute approximate surface area is 395 Å². The third-order valence-electron chi connectivity index (χ3n) is 12.6. The van der Waals surface area contributed by atoms with E-state index < -0.39 is 34.2 Å². The number of phenols is 1. The quantitative estimate of drug-likeness (QED) is 0.0380. The molecule has 1 unspecified atom stereocenters. The van der Waals surface area contributed by atoms with E-state index in [9.17, 15) is 33.0 Å². The Hall–Kier alpha value is -6.56. The molecule has 1 amide bonds. The zero-order valence-electron chi connectivity index (χ0n) is 37.7. The largest absolute Gasteiger partial charge is 0.506 e. The fourth-order valence-corrected chi connectivity index (χ4v) is 10.4. The summed E-state index contributed by atoms with van der Waals surface area (Å²) in [5.74, 6) is 0.366. The Morgan fingerprint density at radius 1 is 0.838 bits per heavy atom. The van der Waals surface area contributed by atoms with Crippen molar-refractivity contribution in [3.8, 4) is 11.5 Å². The van der Waals surface area contributed by atoms with Crippen LogP contribution >= 0.6 is 0 Å². The van der Waals surface area contributed by atoms with Crippen molar-refractivity contribution in [3.05, 3.63) is 172 Å². The first-order valence-electron chi connectivity index (χ1n) is 23.0. The van der Waals surface area contributed by atoms with Crippen molar-refractivity contribution in [1.82, 2.24) is 24.8 Å². The molecule has 356 valence electrons. The van der Waals surface area contributed by atoms with Gasteiger partial charge in [-0.25, -0.2) is 18.0 Å². The monoisotopic (exact) mass is 943 g/mol. The molecule has 9 rings (SSSR count). The molecule has 4 heterocycles. The van der Waals surface area contributed by atoms with Crippen LogP contribution in [0.4, 0.5) is 4.79 Å². The number of hydrogen-bond acceptors (Lipinski definition) is 12. The van der Waals surface area contributed by atoms with Gasteiger partial charge in [0.25, 0.3) is 0 Å². The van der Waals surface area contributed by atoms with Crippen molar-refractivity contribution in [3.63, 3.8) is 0 Å². The highest BCUT2D eigenvalue weighted by molar-refractivity contribution is 7.89. The van der Waals surface area contributed by atoms with Crippen LogP contribution in [-0.2, 0) is 26.1 Å². The average molecular weight is 944 g/mol. The van der Waals surface area contributed by atoms with Crippen LogP contribution in [0, 0.1) is 5.92 Å². The number of rotatable bonds is 21. The molecule has 3 aliphatic rings. The summed E-state index contributed by atoms with van der Waals surface area (Å²) in [5.41, 5.74) is 3.30. The number of H-pyrrole nitrogens is 1. The van der Waals surface area contributed by atoms with Gasteiger partial charge < -0.3 is 40.0 Å². The lowest BCUT2D eigenvalue weighted by molar-refractivity contribution is -0.0336. The van der Waals surface area contributed by atoms with Crippen LogP contribution in [0.2, 0.25) is 0 Å². The van der Waals surface area contributed by atoms with Crippen molar-refractivity contribution in [2.24, 2.45) is 5.92 Å². The van der Waals surface area contributed by atoms with Crippen molar-refractivity contribution in [2.45, 2.75) is 55.4 Å². The molecule has 15 nitrogen and oxygen atoms in total. The molecule has 3 atom stereocenters. The van der Waals surface area contributed by atoms with Crippen molar-refractivity contribution >= 4 is 33.0 Å². The number of sulfonamides is 1. The summed E-state index contributed by atoms with van der Waals surface area (Å²) in [5, 5.41) is 27.9. The number of phenolic OH excluding ortho intramolecular Hbond substituents is 1. The third kappa shape index (κ3) is 12.1. The fraction of sp³-hybridized carbons (Fsp3) is 0.327. The summed E-state index contributed by atoms with van der Waals surface area (Å²) in [4.78, 5) is 43.2. The lowest BCUT2D eigenvalue weighted by atomic mass is 9.86. The van der Waals surface area contributed by atoms with Gasteiger partial charge in [-0.1, -0.05) is 78.9 Å². The number of alkyl carbamates (subject to hydrolysis) is 1. The standard InChI is InChI=1S/C52H57N5O10S/c58-45-22-20-43(44-21-23-48(60)54-50(44)45)46(59)33-53-26-8-27-57(68(63,64)42-14-5-2-6-15-42)28-9-31-65-51(61)39-18-16-36(17-19-39)35-66-41-13-7-12-40(32-41)49(38-10-3-1-4-11-38)55-52(62)67-47-34-56-29-24-37(47)25-30-56/h1-7,10-23,32,37,46-47,49,53,58-59H,8-9,24-31,33-35H2,(H,54,60)(H,55,62)/t46-,47+,49?/m1/s1. The number of nitrogens with zero attached hydrogens (tertiary/aromatic N) is 2. The number of pyridine rings is 1. The minimum absolute atomic E-state index is 0.00655. The van der Waals surface area contributed by atoms with Gasteiger partial charge >= 0.3 is 12.1 Å². The van der Waals surface area contributed by atoms with E-state index >= 15 is 0 Å². The van der Waals surface area contributed by atoms with Gasteiger partial charge in [0.05, 0.1) is 34.7 Å². The van der Waals surface area contributed by atoms with E-state index in [2.05, 4.69) is 20.5 Å². The van der Waals surface area contributed by atoms with Crippen molar-refractivity contribution in [1.29, 1.82) is 0 Å². The lowest BCUT2D eigenvalue weighted by Gasteiger charge is -2.43. The molecule has 1 aromatic heterocycles. The zero-order chi connectivity index (χ0) is 47.5. The number of nitrogens with one attached hydrogen (secondary N) is 3. The number of fused-ring (bicyclic) bond motifs is 4. The minimum Gasteiger partial charge on any atom is -0.506 e. The van der Waals surface area contributed by atoms with Crippen LogP contribution in [0.1, 0.15) is 70.4 Å². The first kappa shape index (κ1) is 47.9. The number of carbonyl (C=O) groups excluding carboxylic acids is 2. The van der Waals surface area contributed by atoms with Gasteiger partial charge in [-0.2, -0.15) is 4.31 Å². The molecule has 3 fully saturated rings. The van der Waals surface area contributed by atoms with Crippen molar-refractivity contribution in [2.75, 3.05) is 52.4 Å². The van der Waals surface area contributed by atoms with E-state index in [-0.39, 0.29) is 67.1 Å². The number of aromatic nitrogens is 1. The number of aromatic hydroxyl groups is 1. The van der Waals surface area contributed by atoms with Crippen LogP contribution in [0.5, 0.6) is 11.5 Å². The summed E-state index contributed by atoms with van der Waals surface area (Å²) < 4.78 is 46.5. The molecule has 3 saturated heterocycles. The predicted octanol–water partition coefficient (Wildman–Crippen LogP) is 6.67. The van der Waals surface area contributed by atoms with E-state index in [1.165, 1.54) is 28.6 Å². The molecule has 0 spiro atoms. The number of ether oxygens (including phenoxy) is 3. The predicted molar refractivity (Wildman–Crippen MR) is 257 cm³/mol. The Bertz CT molecular complexity index is 2800. The molecule has 0 aliphatic carbocycles. The number of amides is 1. The molecular weight excluding hydrogens is 887 g/mol. The zero-order valence-corrected chi connectivity index (χ0v) is 38.5. The van der Waals surface area contributed by atoms with Crippen LogP contribution in [-0.4, -0.2) is 103 Å². The van der Waals surface area contributed by atoms with Crippen LogP contribution in [0.25, 0.3) is 10.9 Å². The van der Waals surface area contributed by atoms with E-state index in [0.717, 1.165) is 49.2 Å². The van der Waals surface area contributed by atoms with E-state index in [1.807, 2.05) is 54.6 Å². The number of piperidine rings is 3. The van der Waals surface area contributed by atoms with Gasteiger partial charge in [-0.3, -0.25) is 9.69 Å². The van der Waals surface area contributed by atoms with Crippen LogP contribution in [0.15, 0.2) is 143 Å². The maximum absolute atomic E-state index is 13.7. The van der Waals surface area contributed by atoms with Crippen LogP contribution in [0.3, 0.4) is 0 Å². The molecule has 0 saturated carbocycles. The maximum atomic E-state index is 13.7. The smallest absolute Gasteiger partial charge is 0.408 e. The minimum atomic E-state index is -3.87. The number of aliphatic hydroxyl groups excluding tert-OH is 1.